The predicted molar refractivity (Wildman–Crippen MR) is 169 cm³/mol. The summed E-state index contributed by atoms with van der Waals surface area (Å²) in [6, 6.07) is -1.09. The van der Waals surface area contributed by atoms with E-state index in [1.807, 2.05) is 0 Å². The summed E-state index contributed by atoms with van der Waals surface area (Å²) in [5.74, 6) is -4.24. The number of nitrogens with zero attached hydrogens (tertiary/aromatic N) is 4. The van der Waals surface area contributed by atoms with Crippen LogP contribution >= 0.6 is 0 Å². The Hall–Kier alpha value is -2.69. The van der Waals surface area contributed by atoms with E-state index in [9.17, 15) is 48.9 Å². The first-order valence-corrected chi connectivity index (χ1v) is 16.1. The van der Waals surface area contributed by atoms with Gasteiger partial charge in [0.25, 0.3) is 10.9 Å². The average Bonchev–Trinajstić information content (AvgIpc) is 3.05. The molecule has 0 spiro atoms. The van der Waals surface area contributed by atoms with Crippen LogP contribution in [-0.2, 0) is 33.4 Å². The van der Waals surface area contributed by atoms with Gasteiger partial charge in [-0.1, -0.05) is 0 Å². The van der Waals surface area contributed by atoms with Crippen molar-refractivity contribution in [3.63, 3.8) is 0 Å². The third-order valence-electron chi connectivity index (χ3n) is 7.92. The number of nitrogens with one attached hydrogen (secondary N) is 3. The van der Waals surface area contributed by atoms with E-state index in [-0.39, 0.29) is 168 Å². The maximum absolute atomic E-state index is 12.3. The molecule has 1 fully saturated rings. The number of carbonyl (C=O) groups is 5. The third kappa shape index (κ3) is 17.0. The normalized spacial score (nSPS) is 16.3. The van der Waals surface area contributed by atoms with E-state index in [0.717, 1.165) is 0 Å². The standard InChI is InChI=1S/C30H49N7O12.Gd/c1-31-23(39)21-49-18-17-48-16-5-33-27-26(28(44)29(27)45)32-4-2-3-22(30(46)47)37-12-10-34(14-15-38)6-7-35(19-24(40)41)8-9-36(11-13-37)20-25(42)43;/h15,22,32-33H,2-14,16-21H2,1H3,(H,31,39)(H,40,41)(H,42,43)(H,46,47);/q;+3/p-3. The summed E-state index contributed by atoms with van der Waals surface area (Å²) in [7, 11) is 1.50. The number of carboxylic acids is 3. The van der Waals surface area contributed by atoms with Gasteiger partial charge in [0.1, 0.15) is 24.3 Å². The van der Waals surface area contributed by atoms with Gasteiger partial charge in [-0.05, 0) is 12.8 Å². The zero-order valence-electron chi connectivity index (χ0n) is 28.1. The molecule has 1 aromatic rings. The monoisotopic (exact) mass is 854 g/mol. The van der Waals surface area contributed by atoms with E-state index in [4.69, 9.17) is 9.47 Å². The van der Waals surface area contributed by atoms with Crippen LogP contribution in [-0.4, -0.2) is 174 Å². The molecule has 0 saturated carbocycles. The molecule has 20 heteroatoms. The second-order valence-corrected chi connectivity index (χ2v) is 11.4. The molecule has 1 aliphatic heterocycles. The first kappa shape index (κ1) is 45.3. The molecule has 0 aromatic heterocycles. The Kier molecular flexibility index (Phi) is 22.9. The summed E-state index contributed by atoms with van der Waals surface area (Å²) in [6.45, 7) is 1.80. The molecular formula is C30H46GdN7O12. The van der Waals surface area contributed by atoms with Crippen LogP contribution in [0.4, 0.5) is 11.4 Å². The van der Waals surface area contributed by atoms with Gasteiger partial charge < -0.3 is 59.9 Å². The van der Waals surface area contributed by atoms with Crippen molar-refractivity contribution in [3.05, 3.63) is 20.4 Å². The van der Waals surface area contributed by atoms with Gasteiger partial charge in [-0.25, -0.2) is 0 Å². The van der Waals surface area contributed by atoms with Crippen molar-refractivity contribution in [2.45, 2.75) is 18.9 Å². The maximum atomic E-state index is 12.3. The Labute approximate surface area is 322 Å². The fourth-order valence-corrected chi connectivity index (χ4v) is 5.23. The quantitative estimate of drug-likeness (QED) is 0.0556. The SMILES string of the molecule is CNC(=O)COCCOCCNc1c(NCCCC(C(=O)[O-])N2CCN(CC=O)CCN(CC(=O)[O-])CCN(CC(=O)[O-])CC2)c(=O)c1=O.[Gd+3]. The number of carboxylic acid groups (broad SMARTS) is 3. The van der Waals surface area contributed by atoms with Crippen LogP contribution in [0.5, 0.6) is 0 Å². The van der Waals surface area contributed by atoms with Crippen LogP contribution in [0.1, 0.15) is 12.8 Å². The van der Waals surface area contributed by atoms with Crippen LogP contribution in [0.25, 0.3) is 0 Å². The zero-order valence-corrected chi connectivity index (χ0v) is 30.4. The molecule has 3 N–H and O–H groups in total. The molecule has 1 aromatic carbocycles. The number of rotatable bonds is 22. The Balaban J connectivity index is 0.0000125. The van der Waals surface area contributed by atoms with Gasteiger partial charge >= 0.3 is 39.9 Å². The van der Waals surface area contributed by atoms with Gasteiger partial charge in [0, 0.05) is 91.6 Å². The van der Waals surface area contributed by atoms with Crippen molar-refractivity contribution < 1.29 is 88.7 Å². The molecule has 0 aliphatic carbocycles. The molecule has 1 unspecified atom stereocenters. The van der Waals surface area contributed by atoms with Crippen LogP contribution in [0, 0.1) is 39.9 Å². The maximum Gasteiger partial charge on any atom is 3.00 e. The number of anilines is 2. The van der Waals surface area contributed by atoms with E-state index in [2.05, 4.69) is 16.0 Å². The zero-order chi connectivity index (χ0) is 36.2. The molecule has 2 rings (SSSR count). The van der Waals surface area contributed by atoms with E-state index >= 15 is 0 Å². The van der Waals surface area contributed by atoms with Crippen LogP contribution in [0.15, 0.2) is 9.59 Å². The number of carbonyl (C=O) groups excluding carboxylic acids is 5. The molecule has 19 nitrogen and oxygen atoms in total. The van der Waals surface area contributed by atoms with Crippen molar-refractivity contribution >= 4 is 41.5 Å². The van der Waals surface area contributed by atoms with Gasteiger partial charge in [-0.3, -0.25) is 34.0 Å². The summed E-state index contributed by atoms with van der Waals surface area (Å²) < 4.78 is 10.5. The number of hydrogen-bond acceptors (Lipinski definition) is 18. The average molecular weight is 854 g/mol. The van der Waals surface area contributed by atoms with E-state index in [0.29, 0.717) is 12.8 Å². The summed E-state index contributed by atoms with van der Waals surface area (Å²) in [6.07, 6.45) is 1.06. The molecule has 1 heterocycles. The number of likely N-dealkylation sites (N-methyl/N-ethyl adjacent to an activating group) is 1. The van der Waals surface area contributed by atoms with E-state index < -0.39 is 41.4 Å². The van der Waals surface area contributed by atoms with Crippen molar-refractivity contribution in [1.82, 2.24) is 24.9 Å². The topological polar surface area (TPSA) is 256 Å². The largest absolute Gasteiger partial charge is 3.00 e. The summed E-state index contributed by atoms with van der Waals surface area (Å²) in [5, 5.41) is 43.1. The first-order chi connectivity index (χ1) is 23.5. The number of aliphatic carboxylic acids is 3. The van der Waals surface area contributed by atoms with Crippen molar-refractivity contribution in [1.29, 1.82) is 0 Å². The fraction of sp³-hybridized carbons (Fsp3) is 0.700. The van der Waals surface area contributed by atoms with Crippen molar-refractivity contribution in [3.8, 4) is 0 Å². The van der Waals surface area contributed by atoms with Crippen molar-refractivity contribution in [2.75, 3.05) is 129 Å². The second-order valence-electron chi connectivity index (χ2n) is 11.4. The molecule has 1 atom stereocenters. The smallest absolute Gasteiger partial charge is 0.549 e. The summed E-state index contributed by atoms with van der Waals surface area (Å²) in [5.41, 5.74) is -1.20. The molecular weight excluding hydrogens is 808 g/mol. The minimum atomic E-state index is -1.35. The Bertz CT molecular complexity index is 1300. The Morgan fingerprint density at radius 1 is 0.760 bits per heavy atom. The first-order valence-electron chi connectivity index (χ1n) is 16.1. The van der Waals surface area contributed by atoms with Crippen LogP contribution in [0.2, 0.25) is 0 Å². The molecule has 1 radical (unpaired) electrons. The molecule has 281 valence electrons. The van der Waals surface area contributed by atoms with E-state index in [1.165, 1.54) is 11.9 Å². The van der Waals surface area contributed by atoms with E-state index in [1.54, 1.807) is 14.7 Å². The minimum absolute atomic E-state index is 0. The Morgan fingerprint density at radius 3 is 1.78 bits per heavy atom. The molecule has 0 bridgehead atoms. The molecule has 1 amide bonds. The van der Waals surface area contributed by atoms with Gasteiger partial charge in [-0.15, -0.1) is 0 Å². The summed E-state index contributed by atoms with van der Waals surface area (Å²) in [4.78, 5) is 88.2. The fourth-order valence-electron chi connectivity index (χ4n) is 5.23. The van der Waals surface area contributed by atoms with Crippen LogP contribution in [0.3, 0.4) is 0 Å². The van der Waals surface area contributed by atoms with Crippen LogP contribution < -0.4 is 42.1 Å². The second kappa shape index (κ2) is 25.3. The van der Waals surface area contributed by atoms with Gasteiger partial charge in [0.05, 0.1) is 44.3 Å². The predicted octanol–water partition coefficient (Wildman–Crippen LogP) is -7.30. The minimum Gasteiger partial charge on any atom is -0.549 e. The van der Waals surface area contributed by atoms with Gasteiger partial charge in [0.15, 0.2) is 0 Å². The Morgan fingerprint density at radius 2 is 1.26 bits per heavy atom. The molecule has 1 aliphatic rings. The van der Waals surface area contributed by atoms with Gasteiger partial charge in [0.2, 0.25) is 5.91 Å². The molecule has 50 heavy (non-hydrogen) atoms. The third-order valence-corrected chi connectivity index (χ3v) is 7.92. The van der Waals surface area contributed by atoms with Gasteiger partial charge in [-0.2, -0.15) is 0 Å². The summed E-state index contributed by atoms with van der Waals surface area (Å²) >= 11 is 0. The number of ether oxygens (including phenoxy) is 2. The number of aldehydes is 1. The number of amides is 1. The molecule has 1 saturated heterocycles. The van der Waals surface area contributed by atoms with Crippen molar-refractivity contribution in [2.24, 2.45) is 0 Å². The number of hydrogen-bond donors (Lipinski definition) is 3.